The van der Waals surface area contributed by atoms with Gasteiger partial charge in [0.05, 0.1) is 0 Å². The standard InChI is InChI=1S/C6H13F2N/c1-5(2)6(7,8)3-4-9/h5H,3-4,9H2,1-2H3. The molecule has 0 aliphatic rings. The fourth-order valence-corrected chi connectivity index (χ4v) is 0.481. The van der Waals surface area contributed by atoms with E-state index in [1.54, 1.807) is 0 Å². The molecule has 56 valence electrons. The van der Waals surface area contributed by atoms with Crippen molar-refractivity contribution in [3.05, 3.63) is 0 Å². The summed E-state index contributed by atoms with van der Waals surface area (Å²) in [6, 6.07) is 0. The minimum absolute atomic E-state index is 0.0607. The van der Waals surface area contributed by atoms with Gasteiger partial charge >= 0.3 is 0 Å². The molecular formula is C6H13F2N. The van der Waals surface area contributed by atoms with Crippen LogP contribution < -0.4 is 5.73 Å². The van der Waals surface area contributed by atoms with Crippen LogP contribution in [0, 0.1) is 5.92 Å². The lowest BCUT2D eigenvalue weighted by atomic mass is 10.0. The number of alkyl halides is 2. The number of nitrogens with two attached hydrogens (primary N) is 1. The van der Waals surface area contributed by atoms with Gasteiger partial charge in [-0.15, -0.1) is 0 Å². The van der Waals surface area contributed by atoms with E-state index in [1.165, 1.54) is 13.8 Å². The van der Waals surface area contributed by atoms with E-state index in [1.807, 2.05) is 0 Å². The Kier molecular flexibility index (Phi) is 3.04. The Bertz CT molecular complexity index is 81.1. The van der Waals surface area contributed by atoms with Crippen molar-refractivity contribution < 1.29 is 8.78 Å². The van der Waals surface area contributed by atoms with E-state index in [0.29, 0.717) is 0 Å². The molecule has 9 heavy (non-hydrogen) atoms. The third-order valence-electron chi connectivity index (χ3n) is 1.32. The van der Waals surface area contributed by atoms with Crippen LogP contribution in [0.3, 0.4) is 0 Å². The predicted octanol–water partition coefficient (Wildman–Crippen LogP) is 1.63. The van der Waals surface area contributed by atoms with Gasteiger partial charge in [-0.05, 0) is 6.54 Å². The van der Waals surface area contributed by atoms with E-state index in [9.17, 15) is 8.78 Å². The van der Waals surface area contributed by atoms with Crippen LogP contribution in [0.1, 0.15) is 20.3 Å². The Morgan fingerprint density at radius 3 is 2.00 bits per heavy atom. The fourth-order valence-electron chi connectivity index (χ4n) is 0.481. The summed E-state index contributed by atoms with van der Waals surface area (Å²) in [6.45, 7) is 3.05. The maximum Gasteiger partial charge on any atom is 0.251 e. The lowest BCUT2D eigenvalue weighted by molar-refractivity contribution is -0.0497. The summed E-state index contributed by atoms with van der Waals surface area (Å²) < 4.78 is 24.9. The molecule has 2 N–H and O–H groups in total. The molecule has 0 bridgehead atoms. The highest BCUT2D eigenvalue weighted by Crippen LogP contribution is 2.26. The minimum Gasteiger partial charge on any atom is -0.330 e. The molecule has 1 nitrogen and oxygen atoms in total. The Morgan fingerprint density at radius 2 is 1.89 bits per heavy atom. The monoisotopic (exact) mass is 137 g/mol. The summed E-state index contributed by atoms with van der Waals surface area (Å²) in [6.07, 6.45) is -0.204. The minimum atomic E-state index is -2.57. The molecule has 0 amide bonds. The average Bonchev–Trinajstić information content (AvgIpc) is 1.65. The first kappa shape index (κ1) is 8.82. The van der Waals surface area contributed by atoms with Crippen molar-refractivity contribution >= 4 is 0 Å². The van der Waals surface area contributed by atoms with Crippen molar-refractivity contribution in [3.63, 3.8) is 0 Å². The zero-order valence-corrected chi connectivity index (χ0v) is 5.82. The molecule has 0 aromatic heterocycles. The molecule has 3 heteroatoms. The van der Waals surface area contributed by atoms with Crippen LogP contribution >= 0.6 is 0 Å². The highest BCUT2D eigenvalue weighted by atomic mass is 19.3. The second-order valence-electron chi connectivity index (χ2n) is 2.45. The Labute approximate surface area is 54.2 Å². The Morgan fingerprint density at radius 1 is 1.44 bits per heavy atom. The van der Waals surface area contributed by atoms with Crippen LogP contribution in [0.2, 0.25) is 0 Å². The van der Waals surface area contributed by atoms with Gasteiger partial charge in [0.25, 0.3) is 5.92 Å². The molecule has 0 atom stereocenters. The topological polar surface area (TPSA) is 26.0 Å². The van der Waals surface area contributed by atoms with E-state index in [-0.39, 0.29) is 13.0 Å². The molecule has 0 rings (SSSR count). The Balaban J connectivity index is 3.70. The normalized spacial score (nSPS) is 12.7. The fraction of sp³-hybridized carbons (Fsp3) is 1.00. The zero-order chi connectivity index (χ0) is 7.49. The van der Waals surface area contributed by atoms with Crippen LogP contribution in [0.4, 0.5) is 8.78 Å². The quantitative estimate of drug-likeness (QED) is 0.628. The van der Waals surface area contributed by atoms with Crippen molar-refractivity contribution in [2.45, 2.75) is 26.2 Å². The van der Waals surface area contributed by atoms with E-state index >= 15 is 0 Å². The second-order valence-corrected chi connectivity index (χ2v) is 2.45. The van der Waals surface area contributed by atoms with Gasteiger partial charge < -0.3 is 5.73 Å². The molecule has 0 aliphatic carbocycles. The molecule has 0 aliphatic heterocycles. The smallest absolute Gasteiger partial charge is 0.251 e. The van der Waals surface area contributed by atoms with Crippen LogP contribution in [0.25, 0.3) is 0 Å². The van der Waals surface area contributed by atoms with Gasteiger partial charge in [-0.3, -0.25) is 0 Å². The highest BCUT2D eigenvalue weighted by molar-refractivity contribution is 4.69. The Hall–Kier alpha value is -0.180. The average molecular weight is 137 g/mol. The van der Waals surface area contributed by atoms with Crippen LogP contribution in [-0.4, -0.2) is 12.5 Å². The summed E-state index contributed by atoms with van der Waals surface area (Å²) in [4.78, 5) is 0. The molecule has 0 fully saturated rings. The second kappa shape index (κ2) is 3.11. The van der Waals surface area contributed by atoms with E-state index < -0.39 is 11.8 Å². The van der Waals surface area contributed by atoms with Gasteiger partial charge in [0.1, 0.15) is 0 Å². The molecule has 0 heterocycles. The number of rotatable bonds is 3. The van der Waals surface area contributed by atoms with E-state index in [2.05, 4.69) is 0 Å². The zero-order valence-electron chi connectivity index (χ0n) is 5.82. The lowest BCUT2D eigenvalue weighted by Crippen LogP contribution is -2.26. The molecule has 0 aromatic rings. The molecule has 0 unspecified atom stereocenters. The van der Waals surface area contributed by atoms with Crippen molar-refractivity contribution in [3.8, 4) is 0 Å². The number of hydrogen-bond acceptors (Lipinski definition) is 1. The number of halogens is 2. The summed E-state index contributed by atoms with van der Waals surface area (Å²) >= 11 is 0. The van der Waals surface area contributed by atoms with Gasteiger partial charge in [-0.1, -0.05) is 13.8 Å². The van der Waals surface area contributed by atoms with Crippen LogP contribution in [-0.2, 0) is 0 Å². The first-order chi connectivity index (χ1) is 4.00. The van der Waals surface area contributed by atoms with Crippen LogP contribution in [0.5, 0.6) is 0 Å². The van der Waals surface area contributed by atoms with Crippen molar-refractivity contribution in [2.24, 2.45) is 11.7 Å². The van der Waals surface area contributed by atoms with E-state index in [4.69, 9.17) is 5.73 Å². The molecule has 0 spiro atoms. The summed E-state index contributed by atoms with van der Waals surface area (Å²) in [7, 11) is 0. The molecule has 0 radical (unpaired) electrons. The predicted molar refractivity (Wildman–Crippen MR) is 33.5 cm³/mol. The van der Waals surface area contributed by atoms with Gasteiger partial charge in [-0.2, -0.15) is 0 Å². The maximum absolute atomic E-state index is 12.5. The summed E-state index contributed by atoms with van der Waals surface area (Å²) in [5.74, 6) is -3.17. The van der Waals surface area contributed by atoms with Crippen molar-refractivity contribution in [2.75, 3.05) is 6.54 Å². The van der Waals surface area contributed by atoms with Gasteiger partial charge in [0.2, 0.25) is 0 Å². The highest BCUT2D eigenvalue weighted by Gasteiger charge is 2.31. The van der Waals surface area contributed by atoms with Gasteiger partial charge in [0, 0.05) is 12.3 Å². The molecule has 0 saturated heterocycles. The lowest BCUT2D eigenvalue weighted by Gasteiger charge is -2.18. The third kappa shape index (κ3) is 2.75. The van der Waals surface area contributed by atoms with Crippen molar-refractivity contribution in [1.29, 1.82) is 0 Å². The molecule has 0 aromatic carbocycles. The third-order valence-corrected chi connectivity index (χ3v) is 1.32. The first-order valence-corrected chi connectivity index (χ1v) is 3.08. The molecule has 0 saturated carbocycles. The molecular weight excluding hydrogens is 124 g/mol. The largest absolute Gasteiger partial charge is 0.330 e. The first-order valence-electron chi connectivity index (χ1n) is 3.08. The van der Waals surface area contributed by atoms with Gasteiger partial charge in [0.15, 0.2) is 0 Å². The SMILES string of the molecule is CC(C)C(F)(F)CCN. The number of hydrogen-bond donors (Lipinski definition) is 1. The summed E-state index contributed by atoms with van der Waals surface area (Å²) in [5.41, 5.74) is 4.97. The van der Waals surface area contributed by atoms with Crippen LogP contribution in [0.15, 0.2) is 0 Å². The van der Waals surface area contributed by atoms with Gasteiger partial charge in [-0.25, -0.2) is 8.78 Å². The van der Waals surface area contributed by atoms with Crippen molar-refractivity contribution in [1.82, 2.24) is 0 Å². The van der Waals surface area contributed by atoms with E-state index in [0.717, 1.165) is 0 Å². The maximum atomic E-state index is 12.5. The summed E-state index contributed by atoms with van der Waals surface area (Å²) in [5, 5.41) is 0.